The van der Waals surface area contributed by atoms with Crippen molar-refractivity contribution in [3.63, 3.8) is 0 Å². The molecule has 3 aromatic carbocycles. The molecule has 0 aliphatic carbocycles. The summed E-state index contributed by atoms with van der Waals surface area (Å²) in [6.45, 7) is -1.30. The first-order valence-corrected chi connectivity index (χ1v) is 10.1. The Labute approximate surface area is 187 Å². The second kappa shape index (κ2) is 9.70. The maximum absolute atomic E-state index is 14.1. The number of halogens is 3. The highest BCUT2D eigenvalue weighted by atomic mass is 19.1. The molecular formula is C24H21F3O6. The Kier molecular flexibility index (Phi) is 6.73. The molecule has 0 unspecified atom stereocenters. The fraction of sp³-hybridized carbons (Fsp3) is 0.250. The van der Waals surface area contributed by atoms with Gasteiger partial charge in [0.05, 0.1) is 39.6 Å². The molecule has 6 bridgehead atoms. The minimum absolute atomic E-state index is 0.130. The monoisotopic (exact) mass is 462 g/mol. The second-order valence-corrected chi connectivity index (χ2v) is 7.70. The molecule has 1 aliphatic heterocycles. The largest absolute Gasteiger partial charge is 0.507 e. The van der Waals surface area contributed by atoms with E-state index in [1.165, 1.54) is 0 Å². The van der Waals surface area contributed by atoms with E-state index in [1.807, 2.05) is 0 Å². The Balaban J connectivity index is 1.71. The summed E-state index contributed by atoms with van der Waals surface area (Å²) in [6, 6.07) is 6.54. The molecule has 0 radical (unpaired) electrons. The maximum atomic E-state index is 14.1. The number of rotatable bonds is 0. The van der Waals surface area contributed by atoms with Crippen molar-refractivity contribution in [3.05, 3.63) is 87.2 Å². The molecule has 3 N–H and O–H groups in total. The summed E-state index contributed by atoms with van der Waals surface area (Å²) >= 11 is 0. The highest BCUT2D eigenvalue weighted by Gasteiger charge is 2.16. The number of hydrogen-bond acceptors (Lipinski definition) is 6. The van der Waals surface area contributed by atoms with Gasteiger partial charge in [-0.25, -0.2) is 13.2 Å². The molecule has 0 atom stereocenters. The van der Waals surface area contributed by atoms with Crippen LogP contribution in [0, 0.1) is 17.5 Å². The zero-order valence-corrected chi connectivity index (χ0v) is 17.4. The molecule has 0 saturated carbocycles. The molecule has 0 saturated heterocycles. The molecule has 0 amide bonds. The maximum Gasteiger partial charge on any atom is 0.126 e. The lowest BCUT2D eigenvalue weighted by Gasteiger charge is -2.15. The quantitative estimate of drug-likeness (QED) is 0.450. The van der Waals surface area contributed by atoms with Crippen LogP contribution in [0.25, 0.3) is 0 Å². The van der Waals surface area contributed by atoms with E-state index >= 15 is 0 Å². The van der Waals surface area contributed by atoms with Crippen LogP contribution >= 0.6 is 0 Å². The van der Waals surface area contributed by atoms with E-state index < -0.39 is 17.5 Å². The van der Waals surface area contributed by atoms with Crippen molar-refractivity contribution >= 4 is 0 Å². The van der Waals surface area contributed by atoms with Crippen molar-refractivity contribution in [1.82, 2.24) is 0 Å². The number of phenols is 3. The Bertz CT molecular complexity index is 960. The number of phenolic OH excluding ortho intramolecular Hbond substituents is 3. The molecule has 4 rings (SSSR count). The molecule has 0 aromatic heterocycles. The Morgan fingerprint density at radius 1 is 0.424 bits per heavy atom. The van der Waals surface area contributed by atoms with Crippen LogP contribution in [-0.4, -0.2) is 15.3 Å². The van der Waals surface area contributed by atoms with Crippen LogP contribution in [0.3, 0.4) is 0 Å². The van der Waals surface area contributed by atoms with Crippen molar-refractivity contribution in [1.29, 1.82) is 0 Å². The first-order valence-electron chi connectivity index (χ1n) is 10.1. The van der Waals surface area contributed by atoms with E-state index in [9.17, 15) is 28.5 Å². The molecular weight excluding hydrogens is 441 g/mol. The van der Waals surface area contributed by atoms with Crippen LogP contribution in [0.15, 0.2) is 36.4 Å². The standard InChI is InChI=1S/C24H21F3O6/c25-19-1-13-7-31-9-15-3-20(26)5-17(23(15)29)11-33-12-18-6-21(27)4-16(24(18)30)10-32-8-14(2-19)22(13)28/h1-6,28-30H,7-12H2. The number of fused-ring (bicyclic) bond motifs is 6. The predicted octanol–water partition coefficient (Wildman–Crippen LogP) is 4.68. The van der Waals surface area contributed by atoms with Gasteiger partial charge in [0, 0.05) is 33.4 Å². The number of aromatic hydroxyl groups is 3. The SMILES string of the molecule is Oc1c2cc(F)cc1COCc1cc(F)cc(c1O)COCc1cc(F)cc(c1O)COC2. The number of hydrogen-bond donors (Lipinski definition) is 3. The van der Waals surface area contributed by atoms with Crippen molar-refractivity contribution in [2.45, 2.75) is 39.6 Å². The lowest BCUT2D eigenvalue weighted by molar-refractivity contribution is 0.0923. The van der Waals surface area contributed by atoms with Crippen LogP contribution in [0.5, 0.6) is 17.2 Å². The molecule has 174 valence electrons. The summed E-state index contributed by atoms with van der Waals surface area (Å²) in [5.74, 6) is -2.66. The first-order chi connectivity index (χ1) is 15.8. The van der Waals surface area contributed by atoms with Gasteiger partial charge in [0.2, 0.25) is 0 Å². The van der Waals surface area contributed by atoms with Crippen molar-refractivity contribution in [2.24, 2.45) is 0 Å². The van der Waals surface area contributed by atoms with E-state index in [4.69, 9.17) is 14.2 Å². The van der Waals surface area contributed by atoms with Crippen molar-refractivity contribution in [2.75, 3.05) is 0 Å². The van der Waals surface area contributed by atoms with Crippen LogP contribution < -0.4 is 0 Å². The molecule has 6 nitrogen and oxygen atoms in total. The fourth-order valence-electron chi connectivity index (χ4n) is 3.63. The van der Waals surface area contributed by atoms with Crippen LogP contribution in [0.4, 0.5) is 13.2 Å². The van der Waals surface area contributed by atoms with E-state index in [0.29, 0.717) is 0 Å². The van der Waals surface area contributed by atoms with E-state index in [1.54, 1.807) is 0 Å². The van der Waals surface area contributed by atoms with Gasteiger partial charge in [0.1, 0.15) is 34.7 Å². The van der Waals surface area contributed by atoms with Gasteiger partial charge in [-0.15, -0.1) is 0 Å². The highest BCUT2D eigenvalue weighted by Crippen LogP contribution is 2.31. The van der Waals surface area contributed by atoms with Gasteiger partial charge in [-0.1, -0.05) is 0 Å². The molecule has 3 aromatic rings. The minimum atomic E-state index is -0.636. The minimum Gasteiger partial charge on any atom is -0.507 e. The fourth-order valence-corrected chi connectivity index (χ4v) is 3.63. The lowest BCUT2D eigenvalue weighted by atomic mass is 10.1. The van der Waals surface area contributed by atoms with Gasteiger partial charge in [-0.3, -0.25) is 0 Å². The molecule has 33 heavy (non-hydrogen) atoms. The third-order valence-electron chi connectivity index (χ3n) is 5.24. The molecule has 0 fully saturated rings. The highest BCUT2D eigenvalue weighted by molar-refractivity contribution is 5.43. The summed E-state index contributed by atoms with van der Waals surface area (Å²) in [5, 5.41) is 31.4. The smallest absolute Gasteiger partial charge is 0.126 e. The second-order valence-electron chi connectivity index (χ2n) is 7.70. The Morgan fingerprint density at radius 2 is 0.606 bits per heavy atom. The summed E-state index contributed by atoms with van der Waals surface area (Å²) in [4.78, 5) is 0. The van der Waals surface area contributed by atoms with Gasteiger partial charge in [-0.05, 0) is 36.4 Å². The van der Waals surface area contributed by atoms with Crippen LogP contribution in [0.1, 0.15) is 33.4 Å². The number of ether oxygens (including phenoxy) is 3. The molecule has 1 heterocycles. The third kappa shape index (κ3) is 5.22. The van der Waals surface area contributed by atoms with Crippen molar-refractivity contribution in [3.8, 4) is 17.2 Å². The lowest BCUT2D eigenvalue weighted by Crippen LogP contribution is -2.04. The van der Waals surface area contributed by atoms with Gasteiger partial charge >= 0.3 is 0 Å². The zero-order chi connectivity index (χ0) is 23.5. The van der Waals surface area contributed by atoms with Crippen LogP contribution in [0.2, 0.25) is 0 Å². The Hall–Kier alpha value is -3.27. The van der Waals surface area contributed by atoms with Crippen LogP contribution in [-0.2, 0) is 53.9 Å². The average molecular weight is 462 g/mol. The summed E-state index contributed by atoms with van der Waals surface area (Å²) in [7, 11) is 0. The van der Waals surface area contributed by atoms with Gasteiger partial charge in [-0.2, -0.15) is 0 Å². The Morgan fingerprint density at radius 3 is 0.788 bits per heavy atom. The van der Waals surface area contributed by atoms with Gasteiger partial charge < -0.3 is 29.5 Å². The summed E-state index contributed by atoms with van der Waals surface area (Å²) < 4.78 is 58.7. The van der Waals surface area contributed by atoms with Gasteiger partial charge in [0.15, 0.2) is 0 Å². The summed E-state index contributed by atoms with van der Waals surface area (Å²) in [5.41, 5.74) is 0.778. The van der Waals surface area contributed by atoms with E-state index in [-0.39, 0.29) is 90.3 Å². The topological polar surface area (TPSA) is 88.4 Å². The average Bonchev–Trinajstić information content (AvgIpc) is 2.76. The zero-order valence-electron chi connectivity index (χ0n) is 17.4. The normalized spacial score (nSPS) is 15.0. The number of benzene rings is 3. The molecule has 1 aliphatic rings. The first kappa shape index (κ1) is 22.9. The molecule has 9 heteroatoms. The van der Waals surface area contributed by atoms with E-state index in [2.05, 4.69) is 0 Å². The van der Waals surface area contributed by atoms with Gasteiger partial charge in [0.25, 0.3) is 0 Å². The van der Waals surface area contributed by atoms with Crippen molar-refractivity contribution < 1.29 is 42.7 Å². The third-order valence-corrected chi connectivity index (χ3v) is 5.24. The summed E-state index contributed by atoms with van der Waals surface area (Å²) in [6.07, 6.45) is 0. The predicted molar refractivity (Wildman–Crippen MR) is 110 cm³/mol. The molecule has 0 spiro atoms. The van der Waals surface area contributed by atoms with E-state index in [0.717, 1.165) is 36.4 Å².